The minimum atomic E-state index is -4.57. The van der Waals surface area contributed by atoms with Crippen LogP contribution in [0.1, 0.15) is 12.0 Å². The number of nitrogens with two attached hydrogens (primary N) is 1. The van der Waals surface area contributed by atoms with Crippen LogP contribution < -0.4 is 10.5 Å². The molecular formula is C22H20F4N6O. The van der Waals surface area contributed by atoms with E-state index in [0.717, 1.165) is 43.8 Å². The Kier molecular flexibility index (Phi) is 5.37. The first-order chi connectivity index (χ1) is 15.7. The highest BCUT2D eigenvalue weighted by Gasteiger charge is 2.29. The van der Waals surface area contributed by atoms with Crippen LogP contribution in [-0.2, 0) is 6.54 Å². The molecule has 1 aromatic carbocycles. The number of hydrogen-bond acceptors (Lipinski definition) is 6. The van der Waals surface area contributed by atoms with Crippen LogP contribution in [0, 0.1) is 5.82 Å². The SMILES string of the molecule is NC1CCN(Cc2ccc3nnc(-c4ccc5cc(F)c(OCC(F)(F)F)cc5n4)n3c2)C1. The van der Waals surface area contributed by atoms with Crippen molar-refractivity contribution in [1.29, 1.82) is 0 Å². The van der Waals surface area contributed by atoms with Crippen molar-refractivity contribution < 1.29 is 22.3 Å². The van der Waals surface area contributed by atoms with Crippen LogP contribution in [0.2, 0.25) is 0 Å². The quantitative estimate of drug-likeness (QED) is 0.459. The van der Waals surface area contributed by atoms with Gasteiger partial charge in [-0.15, -0.1) is 10.2 Å². The third-order valence-electron chi connectivity index (χ3n) is 5.54. The van der Waals surface area contributed by atoms with Gasteiger partial charge in [-0.25, -0.2) is 9.37 Å². The summed E-state index contributed by atoms with van der Waals surface area (Å²) in [6.07, 6.45) is -1.67. The maximum atomic E-state index is 14.2. The van der Waals surface area contributed by atoms with Crippen molar-refractivity contribution in [3.63, 3.8) is 0 Å². The minimum absolute atomic E-state index is 0.191. The third-order valence-corrected chi connectivity index (χ3v) is 5.54. The molecule has 3 aromatic heterocycles. The molecule has 0 radical (unpaired) electrons. The molecule has 172 valence electrons. The second kappa shape index (κ2) is 8.23. The van der Waals surface area contributed by atoms with Gasteiger partial charge in [-0.2, -0.15) is 13.2 Å². The summed E-state index contributed by atoms with van der Waals surface area (Å²) in [5, 5.41) is 8.83. The highest BCUT2D eigenvalue weighted by Crippen LogP contribution is 2.28. The van der Waals surface area contributed by atoms with Gasteiger partial charge in [-0.05, 0) is 30.2 Å². The molecule has 1 fully saturated rings. The van der Waals surface area contributed by atoms with Crippen LogP contribution in [0.5, 0.6) is 5.75 Å². The van der Waals surface area contributed by atoms with Crippen LogP contribution in [-0.4, -0.2) is 56.4 Å². The molecule has 1 unspecified atom stereocenters. The van der Waals surface area contributed by atoms with E-state index >= 15 is 0 Å². The Hall–Kier alpha value is -3.31. The van der Waals surface area contributed by atoms with E-state index in [0.29, 0.717) is 22.6 Å². The number of ether oxygens (including phenoxy) is 1. The fourth-order valence-electron chi connectivity index (χ4n) is 3.99. The van der Waals surface area contributed by atoms with E-state index in [1.54, 1.807) is 12.1 Å². The molecule has 5 rings (SSSR count). The number of rotatable bonds is 5. The summed E-state index contributed by atoms with van der Waals surface area (Å²) in [6, 6.07) is 9.59. The van der Waals surface area contributed by atoms with E-state index in [2.05, 4.69) is 24.8 Å². The first kappa shape index (κ1) is 21.5. The van der Waals surface area contributed by atoms with Gasteiger partial charge in [-0.3, -0.25) is 9.30 Å². The normalized spacial score (nSPS) is 17.3. The van der Waals surface area contributed by atoms with E-state index in [9.17, 15) is 17.6 Å². The molecule has 11 heteroatoms. The number of hydrogen-bond donors (Lipinski definition) is 1. The summed E-state index contributed by atoms with van der Waals surface area (Å²) in [6.45, 7) is 0.935. The first-order valence-corrected chi connectivity index (χ1v) is 10.4. The predicted molar refractivity (Wildman–Crippen MR) is 113 cm³/mol. The highest BCUT2D eigenvalue weighted by molar-refractivity contribution is 5.82. The van der Waals surface area contributed by atoms with Crippen molar-refractivity contribution in [2.75, 3.05) is 19.7 Å². The Morgan fingerprint density at radius 2 is 1.97 bits per heavy atom. The first-order valence-electron chi connectivity index (χ1n) is 10.4. The lowest BCUT2D eigenvalue weighted by Gasteiger charge is -2.15. The number of aromatic nitrogens is 4. The van der Waals surface area contributed by atoms with Gasteiger partial charge in [-0.1, -0.05) is 12.1 Å². The van der Waals surface area contributed by atoms with Gasteiger partial charge in [0.25, 0.3) is 0 Å². The zero-order valence-electron chi connectivity index (χ0n) is 17.4. The predicted octanol–water partition coefficient (Wildman–Crippen LogP) is 3.56. The number of nitrogens with zero attached hydrogens (tertiary/aromatic N) is 5. The van der Waals surface area contributed by atoms with Gasteiger partial charge in [0.05, 0.1) is 5.52 Å². The van der Waals surface area contributed by atoms with Crippen molar-refractivity contribution in [3.8, 4) is 17.3 Å². The standard InChI is InChI=1S/C22H20F4N6O/c23-16-7-14-2-3-17(28-18(14)8-19(16)33-12-22(24,25)26)21-30-29-20-4-1-13(10-32(20)21)9-31-6-5-15(27)11-31/h1-4,7-8,10,15H,5-6,9,11-12,27H2. The maximum Gasteiger partial charge on any atom is 0.422 e. The summed E-state index contributed by atoms with van der Waals surface area (Å²) < 4.78 is 58.0. The average Bonchev–Trinajstić information content (AvgIpc) is 3.37. The summed E-state index contributed by atoms with van der Waals surface area (Å²) >= 11 is 0. The number of halogens is 4. The smallest absolute Gasteiger partial charge is 0.422 e. The molecule has 2 N–H and O–H groups in total. The number of likely N-dealkylation sites (tertiary alicyclic amines) is 1. The van der Waals surface area contributed by atoms with E-state index in [1.165, 1.54) is 0 Å². The molecule has 7 nitrogen and oxygen atoms in total. The highest BCUT2D eigenvalue weighted by atomic mass is 19.4. The monoisotopic (exact) mass is 460 g/mol. The fraction of sp³-hybridized carbons (Fsp3) is 0.318. The van der Waals surface area contributed by atoms with Crippen molar-refractivity contribution in [2.24, 2.45) is 5.73 Å². The van der Waals surface area contributed by atoms with E-state index in [1.807, 2.05) is 22.7 Å². The zero-order chi connectivity index (χ0) is 23.2. The van der Waals surface area contributed by atoms with Crippen molar-refractivity contribution >= 4 is 16.6 Å². The van der Waals surface area contributed by atoms with Gasteiger partial charge in [0.15, 0.2) is 29.6 Å². The van der Waals surface area contributed by atoms with Crippen LogP contribution in [0.15, 0.2) is 42.6 Å². The van der Waals surface area contributed by atoms with Crippen molar-refractivity contribution in [2.45, 2.75) is 25.2 Å². The summed E-state index contributed by atoms with van der Waals surface area (Å²) in [7, 11) is 0. The van der Waals surface area contributed by atoms with E-state index < -0.39 is 24.3 Å². The molecule has 1 atom stereocenters. The maximum absolute atomic E-state index is 14.2. The Balaban J connectivity index is 1.48. The summed E-state index contributed by atoms with van der Waals surface area (Å²) in [5.41, 5.74) is 8.41. The van der Waals surface area contributed by atoms with Crippen LogP contribution in [0.25, 0.3) is 28.1 Å². The largest absolute Gasteiger partial charge is 0.481 e. The van der Waals surface area contributed by atoms with Gasteiger partial charge >= 0.3 is 6.18 Å². The van der Waals surface area contributed by atoms with Crippen LogP contribution >= 0.6 is 0 Å². The van der Waals surface area contributed by atoms with Crippen LogP contribution in [0.3, 0.4) is 0 Å². The van der Waals surface area contributed by atoms with Gasteiger partial charge in [0, 0.05) is 43.3 Å². The van der Waals surface area contributed by atoms with E-state index in [-0.39, 0.29) is 11.6 Å². The Morgan fingerprint density at radius 1 is 1.12 bits per heavy atom. The lowest BCUT2D eigenvalue weighted by molar-refractivity contribution is -0.153. The molecule has 4 aromatic rings. The third kappa shape index (κ3) is 4.60. The number of alkyl halides is 3. The molecule has 0 spiro atoms. The summed E-state index contributed by atoms with van der Waals surface area (Å²) in [5.74, 6) is -0.934. The van der Waals surface area contributed by atoms with Gasteiger partial charge in [0.2, 0.25) is 0 Å². The molecule has 4 heterocycles. The molecule has 1 aliphatic heterocycles. The zero-order valence-corrected chi connectivity index (χ0v) is 17.4. The van der Waals surface area contributed by atoms with Gasteiger partial charge in [0.1, 0.15) is 5.69 Å². The second-order valence-electron chi connectivity index (χ2n) is 8.15. The van der Waals surface area contributed by atoms with Gasteiger partial charge < -0.3 is 10.5 Å². The molecule has 33 heavy (non-hydrogen) atoms. The molecular weight excluding hydrogens is 440 g/mol. The molecule has 1 aliphatic rings. The summed E-state index contributed by atoms with van der Waals surface area (Å²) in [4.78, 5) is 6.76. The topological polar surface area (TPSA) is 81.6 Å². The molecule has 0 aliphatic carbocycles. The Labute approximate surface area is 185 Å². The Morgan fingerprint density at radius 3 is 2.73 bits per heavy atom. The number of benzene rings is 1. The van der Waals surface area contributed by atoms with Crippen molar-refractivity contribution in [1.82, 2.24) is 24.5 Å². The fourth-order valence-corrected chi connectivity index (χ4v) is 3.99. The molecule has 1 saturated heterocycles. The number of fused-ring (bicyclic) bond motifs is 2. The number of pyridine rings is 2. The average molecular weight is 460 g/mol. The lowest BCUT2D eigenvalue weighted by atomic mass is 10.2. The molecule has 0 amide bonds. The molecule has 0 bridgehead atoms. The lowest BCUT2D eigenvalue weighted by Crippen LogP contribution is -2.26. The van der Waals surface area contributed by atoms with E-state index in [4.69, 9.17) is 5.73 Å². The minimum Gasteiger partial charge on any atom is -0.481 e. The second-order valence-corrected chi connectivity index (χ2v) is 8.15. The van der Waals surface area contributed by atoms with Crippen molar-refractivity contribution in [3.05, 3.63) is 54.0 Å². The molecule has 0 saturated carbocycles. The Bertz CT molecular complexity index is 1320. The van der Waals surface area contributed by atoms with Crippen LogP contribution in [0.4, 0.5) is 17.6 Å².